The Labute approximate surface area is 231 Å². The Bertz CT molecular complexity index is 1400. The lowest BCUT2D eigenvalue weighted by Gasteiger charge is -2.31. The largest absolute Gasteiger partial charge is 0.500 e. The number of para-hydroxylation sites is 1. The number of carbonyl (C=O) groups is 4. The molecule has 0 saturated carbocycles. The smallest absolute Gasteiger partial charge is 0.417 e. The zero-order valence-electron chi connectivity index (χ0n) is 22.9. The summed E-state index contributed by atoms with van der Waals surface area (Å²) in [5.41, 5.74) is -0.944. The van der Waals surface area contributed by atoms with Crippen molar-refractivity contribution in [1.82, 2.24) is 9.47 Å². The van der Waals surface area contributed by atoms with E-state index in [0.29, 0.717) is 18.0 Å². The number of carbonyl (C=O) groups excluding carboxylic acids is 3. The standard InChI is InChI=1S/C22H24N2O6.C6H7NO3/c1-5-29-20(27)16-13-15-17(24(19(16)26)14-9-7-6-8-10-14)11-12-23(18(15)25)21(28)30-22(2,3)4;1-2-10-4-5(3-7)6(8)9/h6-10,13H,5,11-12H2,1-4H3;4H,2H2,1H3,(H,8,9)/b;5-4+. The monoisotopic (exact) mass is 553 g/mol. The van der Waals surface area contributed by atoms with Crippen molar-refractivity contribution in [2.24, 2.45) is 0 Å². The first kappa shape index (κ1) is 31.3. The molecule has 0 aliphatic carbocycles. The van der Waals surface area contributed by atoms with Crippen molar-refractivity contribution in [1.29, 1.82) is 5.26 Å². The number of amides is 2. The van der Waals surface area contributed by atoms with Gasteiger partial charge in [0, 0.05) is 24.3 Å². The Morgan fingerprint density at radius 1 is 1.10 bits per heavy atom. The van der Waals surface area contributed by atoms with Gasteiger partial charge in [0.25, 0.3) is 11.5 Å². The SMILES string of the molecule is CCO/C=C(\C#N)C(=O)O.CCOC(=O)c1cc2c(n(-c3ccccc3)c1=O)CCN(C(=O)OC(C)(C)C)C2=O. The van der Waals surface area contributed by atoms with Gasteiger partial charge in [-0.3, -0.25) is 14.2 Å². The first-order valence-electron chi connectivity index (χ1n) is 12.4. The summed E-state index contributed by atoms with van der Waals surface area (Å²) in [5.74, 6) is -2.71. The van der Waals surface area contributed by atoms with Crippen LogP contribution in [0.15, 0.2) is 53.0 Å². The van der Waals surface area contributed by atoms with Crippen LogP contribution in [0.1, 0.15) is 61.0 Å². The van der Waals surface area contributed by atoms with E-state index >= 15 is 0 Å². The number of imide groups is 1. The van der Waals surface area contributed by atoms with Crippen LogP contribution in [0.4, 0.5) is 4.79 Å². The Morgan fingerprint density at radius 3 is 2.27 bits per heavy atom. The number of hydrogen-bond donors (Lipinski definition) is 1. The van der Waals surface area contributed by atoms with Crippen LogP contribution >= 0.6 is 0 Å². The molecule has 0 atom stereocenters. The number of fused-ring (bicyclic) bond motifs is 1. The summed E-state index contributed by atoms with van der Waals surface area (Å²) in [5, 5.41) is 16.4. The van der Waals surface area contributed by atoms with Crippen molar-refractivity contribution in [2.75, 3.05) is 19.8 Å². The van der Waals surface area contributed by atoms with E-state index in [9.17, 15) is 24.0 Å². The molecule has 0 radical (unpaired) electrons. The predicted octanol–water partition coefficient (Wildman–Crippen LogP) is 3.46. The van der Waals surface area contributed by atoms with Crippen molar-refractivity contribution >= 4 is 23.9 Å². The molecule has 1 aromatic carbocycles. The van der Waals surface area contributed by atoms with E-state index in [-0.39, 0.29) is 36.3 Å². The number of benzene rings is 1. The zero-order valence-corrected chi connectivity index (χ0v) is 22.9. The third-order valence-corrected chi connectivity index (χ3v) is 5.19. The summed E-state index contributed by atoms with van der Waals surface area (Å²) in [6.45, 7) is 8.95. The molecule has 212 valence electrons. The molecule has 12 nitrogen and oxygen atoms in total. The Kier molecular flexibility index (Phi) is 10.8. The second kappa shape index (κ2) is 13.7. The van der Waals surface area contributed by atoms with Crippen LogP contribution in [0.2, 0.25) is 0 Å². The van der Waals surface area contributed by atoms with Gasteiger partial charge in [-0.15, -0.1) is 0 Å². The van der Waals surface area contributed by atoms with Crippen LogP contribution in [0, 0.1) is 11.3 Å². The van der Waals surface area contributed by atoms with Crippen molar-refractivity contribution in [3.8, 4) is 11.8 Å². The lowest BCUT2D eigenvalue weighted by molar-refractivity contribution is -0.132. The van der Waals surface area contributed by atoms with Crippen LogP contribution in [-0.2, 0) is 25.4 Å². The summed E-state index contributed by atoms with van der Waals surface area (Å²) >= 11 is 0. The van der Waals surface area contributed by atoms with E-state index in [2.05, 4.69) is 4.74 Å². The molecule has 12 heteroatoms. The highest BCUT2D eigenvalue weighted by Crippen LogP contribution is 2.24. The molecule has 1 aliphatic heterocycles. The van der Waals surface area contributed by atoms with Crippen molar-refractivity contribution in [3.63, 3.8) is 0 Å². The number of pyridine rings is 1. The molecule has 1 aromatic heterocycles. The summed E-state index contributed by atoms with van der Waals surface area (Å²) in [7, 11) is 0. The van der Waals surface area contributed by atoms with E-state index in [4.69, 9.17) is 19.8 Å². The Morgan fingerprint density at radius 2 is 1.75 bits per heavy atom. The fraction of sp³-hybridized carbons (Fsp3) is 0.357. The quantitative estimate of drug-likeness (QED) is 0.242. The minimum atomic E-state index is -1.27. The predicted molar refractivity (Wildman–Crippen MR) is 142 cm³/mol. The number of carboxylic acid groups (broad SMARTS) is 1. The average Bonchev–Trinajstić information content (AvgIpc) is 2.89. The van der Waals surface area contributed by atoms with Crippen LogP contribution in [0.3, 0.4) is 0 Å². The number of aromatic nitrogens is 1. The van der Waals surface area contributed by atoms with Crippen molar-refractivity contribution in [2.45, 2.75) is 46.6 Å². The average molecular weight is 554 g/mol. The van der Waals surface area contributed by atoms with Crippen LogP contribution in [-0.4, -0.2) is 63.9 Å². The minimum absolute atomic E-state index is 0.0613. The van der Waals surface area contributed by atoms with Crippen LogP contribution < -0.4 is 5.56 Å². The Balaban J connectivity index is 0.000000478. The highest BCUT2D eigenvalue weighted by molar-refractivity contribution is 6.06. The lowest BCUT2D eigenvalue weighted by Crippen LogP contribution is -2.46. The molecule has 40 heavy (non-hydrogen) atoms. The van der Waals surface area contributed by atoms with Gasteiger partial charge in [-0.2, -0.15) is 5.26 Å². The van der Waals surface area contributed by atoms with Crippen LogP contribution in [0.5, 0.6) is 0 Å². The molecule has 0 spiro atoms. The number of hydrogen-bond acceptors (Lipinski definition) is 9. The van der Waals surface area contributed by atoms with E-state index in [1.807, 2.05) is 0 Å². The first-order chi connectivity index (χ1) is 18.9. The molecule has 1 aliphatic rings. The normalized spacial score (nSPS) is 12.8. The third-order valence-electron chi connectivity index (χ3n) is 5.19. The topological polar surface area (TPSA) is 165 Å². The summed E-state index contributed by atoms with van der Waals surface area (Å²) < 4.78 is 16.2. The lowest BCUT2D eigenvalue weighted by atomic mass is 10.0. The molecule has 2 aromatic rings. The molecule has 0 unspecified atom stereocenters. The molecule has 2 amide bonds. The minimum Gasteiger partial charge on any atom is -0.500 e. The fourth-order valence-corrected chi connectivity index (χ4v) is 3.54. The second-order valence-corrected chi connectivity index (χ2v) is 9.21. The number of esters is 1. The number of ether oxygens (including phenoxy) is 3. The molecule has 2 heterocycles. The molecule has 0 saturated heterocycles. The summed E-state index contributed by atoms with van der Waals surface area (Å²) in [4.78, 5) is 62.2. The van der Waals surface area contributed by atoms with Gasteiger partial charge < -0.3 is 19.3 Å². The summed E-state index contributed by atoms with van der Waals surface area (Å²) in [6.07, 6.45) is 0.406. The molecule has 1 N–H and O–H groups in total. The number of rotatable bonds is 6. The van der Waals surface area contributed by atoms with Crippen molar-refractivity contribution in [3.05, 3.63) is 75.4 Å². The molecule has 0 bridgehead atoms. The highest BCUT2D eigenvalue weighted by Gasteiger charge is 2.35. The Hall–Kier alpha value is -4.92. The van der Waals surface area contributed by atoms with E-state index in [0.717, 1.165) is 11.2 Å². The fourth-order valence-electron chi connectivity index (χ4n) is 3.54. The van der Waals surface area contributed by atoms with E-state index < -0.39 is 35.1 Å². The molecular weight excluding hydrogens is 522 g/mol. The van der Waals surface area contributed by atoms with Gasteiger partial charge in [0.2, 0.25) is 0 Å². The van der Waals surface area contributed by atoms with E-state index in [1.165, 1.54) is 16.7 Å². The van der Waals surface area contributed by atoms with E-state index in [1.54, 1.807) is 65.0 Å². The van der Waals surface area contributed by atoms with Gasteiger partial charge in [-0.05, 0) is 52.8 Å². The van der Waals surface area contributed by atoms with Gasteiger partial charge in [0.1, 0.15) is 23.5 Å². The second-order valence-electron chi connectivity index (χ2n) is 9.21. The molecule has 3 rings (SSSR count). The number of aliphatic carboxylic acids is 1. The van der Waals surface area contributed by atoms with Gasteiger partial charge >= 0.3 is 18.0 Å². The number of nitriles is 1. The maximum absolute atomic E-state index is 13.1. The first-order valence-corrected chi connectivity index (χ1v) is 12.4. The van der Waals surface area contributed by atoms with Gasteiger partial charge in [0.15, 0.2) is 5.57 Å². The molecular formula is C28H31N3O9. The van der Waals surface area contributed by atoms with Gasteiger partial charge in [-0.1, -0.05) is 18.2 Å². The molecule has 0 fully saturated rings. The highest BCUT2D eigenvalue weighted by atomic mass is 16.6. The van der Waals surface area contributed by atoms with Gasteiger partial charge in [-0.25, -0.2) is 19.3 Å². The summed E-state index contributed by atoms with van der Waals surface area (Å²) in [6, 6.07) is 11.4. The van der Waals surface area contributed by atoms with Gasteiger partial charge in [0.05, 0.1) is 18.8 Å². The van der Waals surface area contributed by atoms with Crippen molar-refractivity contribution < 1.29 is 38.5 Å². The number of carboxylic acids is 1. The number of nitrogens with zero attached hydrogens (tertiary/aromatic N) is 3. The third kappa shape index (κ3) is 7.80. The maximum Gasteiger partial charge on any atom is 0.417 e. The zero-order chi connectivity index (χ0) is 30.0. The maximum atomic E-state index is 13.1. The van der Waals surface area contributed by atoms with Crippen LogP contribution in [0.25, 0.3) is 5.69 Å².